The third-order valence-electron chi connectivity index (χ3n) is 2.13. The summed E-state index contributed by atoms with van der Waals surface area (Å²) in [5.41, 5.74) is 7.11. The zero-order chi connectivity index (χ0) is 13.8. The van der Waals surface area contributed by atoms with Crippen LogP contribution in [0.15, 0.2) is 18.2 Å². The molecule has 0 aliphatic carbocycles. The summed E-state index contributed by atoms with van der Waals surface area (Å²) in [6, 6.07) is 6.92. The lowest BCUT2D eigenvalue weighted by Crippen LogP contribution is -2.43. The summed E-state index contributed by atoms with van der Waals surface area (Å²) >= 11 is 0. The van der Waals surface area contributed by atoms with E-state index in [2.05, 4.69) is 10.6 Å². The quantitative estimate of drug-likeness (QED) is 0.704. The van der Waals surface area contributed by atoms with Gasteiger partial charge in [0.1, 0.15) is 0 Å². The van der Waals surface area contributed by atoms with Gasteiger partial charge in [-0.3, -0.25) is 4.79 Å². The molecular formula is C13H18N4O. The van der Waals surface area contributed by atoms with Crippen molar-refractivity contribution in [1.82, 2.24) is 5.32 Å². The van der Waals surface area contributed by atoms with E-state index in [4.69, 9.17) is 11.0 Å². The number of nitrogens with one attached hydrogen (secondary N) is 2. The molecule has 1 aromatic rings. The average molecular weight is 246 g/mol. The van der Waals surface area contributed by atoms with Gasteiger partial charge in [0.15, 0.2) is 0 Å². The highest BCUT2D eigenvalue weighted by Crippen LogP contribution is 2.19. The van der Waals surface area contributed by atoms with Crippen molar-refractivity contribution in [3.05, 3.63) is 23.8 Å². The van der Waals surface area contributed by atoms with E-state index in [1.165, 1.54) is 0 Å². The number of benzene rings is 1. The maximum atomic E-state index is 11.6. The van der Waals surface area contributed by atoms with Crippen molar-refractivity contribution < 1.29 is 4.79 Å². The third-order valence-corrected chi connectivity index (χ3v) is 2.13. The number of rotatable bonds is 3. The highest BCUT2D eigenvalue weighted by atomic mass is 16.2. The SMILES string of the molecule is CC(C)(C)NC(=O)CNc1ccc(C#N)cc1N. The molecule has 1 rings (SSSR count). The monoisotopic (exact) mass is 246 g/mol. The van der Waals surface area contributed by atoms with Gasteiger partial charge >= 0.3 is 0 Å². The Bertz CT molecular complexity index is 483. The molecule has 0 saturated carbocycles. The smallest absolute Gasteiger partial charge is 0.239 e. The van der Waals surface area contributed by atoms with Crippen LogP contribution in [0.3, 0.4) is 0 Å². The Hall–Kier alpha value is -2.22. The van der Waals surface area contributed by atoms with E-state index in [-0.39, 0.29) is 18.0 Å². The number of nitrogens with zero attached hydrogens (tertiary/aromatic N) is 1. The minimum atomic E-state index is -0.255. The number of carbonyl (C=O) groups is 1. The van der Waals surface area contributed by atoms with Crippen molar-refractivity contribution in [2.75, 3.05) is 17.6 Å². The number of nitrogens with two attached hydrogens (primary N) is 1. The topological polar surface area (TPSA) is 90.9 Å². The molecule has 96 valence electrons. The Morgan fingerprint density at radius 1 is 1.44 bits per heavy atom. The number of amides is 1. The Kier molecular flexibility index (Phi) is 4.16. The molecule has 0 bridgehead atoms. The molecule has 5 nitrogen and oxygen atoms in total. The zero-order valence-corrected chi connectivity index (χ0v) is 10.9. The molecule has 0 spiro atoms. The first-order valence-electron chi connectivity index (χ1n) is 5.66. The fourth-order valence-electron chi connectivity index (χ4n) is 1.43. The first kappa shape index (κ1) is 13.8. The van der Waals surface area contributed by atoms with E-state index < -0.39 is 0 Å². The van der Waals surface area contributed by atoms with Crippen LogP contribution in [0.1, 0.15) is 26.3 Å². The van der Waals surface area contributed by atoms with Crippen LogP contribution < -0.4 is 16.4 Å². The lowest BCUT2D eigenvalue weighted by molar-refractivity contribution is -0.120. The summed E-state index contributed by atoms with van der Waals surface area (Å²) in [6.45, 7) is 5.90. The van der Waals surface area contributed by atoms with Crippen LogP contribution >= 0.6 is 0 Å². The average Bonchev–Trinajstić information content (AvgIpc) is 2.25. The van der Waals surface area contributed by atoms with Crippen LogP contribution in [-0.4, -0.2) is 18.0 Å². The first-order chi connectivity index (χ1) is 8.31. The second kappa shape index (κ2) is 5.41. The van der Waals surface area contributed by atoms with Gasteiger partial charge in [0.25, 0.3) is 0 Å². The van der Waals surface area contributed by atoms with E-state index in [0.29, 0.717) is 16.9 Å². The maximum Gasteiger partial charge on any atom is 0.239 e. The van der Waals surface area contributed by atoms with Crippen LogP contribution in [0, 0.1) is 11.3 Å². The van der Waals surface area contributed by atoms with Crippen LogP contribution in [0.5, 0.6) is 0 Å². The molecule has 0 aliphatic heterocycles. The third kappa shape index (κ3) is 4.34. The van der Waals surface area contributed by atoms with Crippen molar-refractivity contribution in [2.24, 2.45) is 0 Å². The van der Waals surface area contributed by atoms with Crippen molar-refractivity contribution in [1.29, 1.82) is 5.26 Å². The minimum absolute atomic E-state index is 0.105. The molecule has 4 N–H and O–H groups in total. The summed E-state index contributed by atoms with van der Waals surface area (Å²) in [5, 5.41) is 14.5. The predicted molar refractivity (Wildman–Crippen MR) is 72.0 cm³/mol. The van der Waals surface area contributed by atoms with Gasteiger partial charge in [0.05, 0.1) is 29.6 Å². The maximum absolute atomic E-state index is 11.6. The molecule has 18 heavy (non-hydrogen) atoms. The molecule has 0 radical (unpaired) electrons. The second-order valence-electron chi connectivity index (χ2n) is 5.07. The summed E-state index contributed by atoms with van der Waals surface area (Å²) in [6.07, 6.45) is 0. The number of carbonyl (C=O) groups excluding carboxylic acids is 1. The molecular weight excluding hydrogens is 228 g/mol. The fraction of sp³-hybridized carbons (Fsp3) is 0.385. The Balaban J connectivity index is 2.59. The number of nitriles is 1. The lowest BCUT2D eigenvalue weighted by Gasteiger charge is -2.21. The van der Waals surface area contributed by atoms with Crippen molar-refractivity contribution in [2.45, 2.75) is 26.3 Å². The largest absolute Gasteiger partial charge is 0.397 e. The highest BCUT2D eigenvalue weighted by molar-refractivity contribution is 5.82. The molecule has 0 unspecified atom stereocenters. The number of anilines is 2. The zero-order valence-electron chi connectivity index (χ0n) is 10.9. The van der Waals surface area contributed by atoms with Gasteiger partial charge in [-0.15, -0.1) is 0 Å². The molecule has 1 aromatic carbocycles. The van der Waals surface area contributed by atoms with Crippen LogP contribution in [-0.2, 0) is 4.79 Å². The molecule has 0 atom stereocenters. The van der Waals surface area contributed by atoms with Gasteiger partial charge in [-0.05, 0) is 39.0 Å². The van der Waals surface area contributed by atoms with Gasteiger partial charge in [-0.2, -0.15) is 5.26 Å². The van der Waals surface area contributed by atoms with Crippen LogP contribution in [0.25, 0.3) is 0 Å². The number of hydrogen-bond acceptors (Lipinski definition) is 4. The number of nitrogen functional groups attached to an aromatic ring is 1. The molecule has 0 aromatic heterocycles. The van der Waals surface area contributed by atoms with Gasteiger partial charge in [-0.25, -0.2) is 0 Å². The Labute approximate surface area is 107 Å². The summed E-state index contributed by atoms with van der Waals surface area (Å²) in [7, 11) is 0. The predicted octanol–water partition coefficient (Wildman–Crippen LogP) is 1.47. The van der Waals surface area contributed by atoms with Gasteiger partial charge in [0.2, 0.25) is 5.91 Å². The van der Waals surface area contributed by atoms with Crippen molar-refractivity contribution in [3.63, 3.8) is 0 Å². The Morgan fingerprint density at radius 2 is 2.11 bits per heavy atom. The summed E-state index contributed by atoms with van der Waals surface area (Å²) in [5.74, 6) is -0.105. The molecule has 0 saturated heterocycles. The van der Waals surface area contributed by atoms with E-state index in [1.807, 2.05) is 26.8 Å². The molecule has 1 amide bonds. The van der Waals surface area contributed by atoms with Crippen molar-refractivity contribution in [3.8, 4) is 6.07 Å². The van der Waals surface area contributed by atoms with E-state index in [1.54, 1.807) is 18.2 Å². The first-order valence-corrected chi connectivity index (χ1v) is 5.66. The molecule has 0 heterocycles. The summed E-state index contributed by atoms with van der Waals surface area (Å²) in [4.78, 5) is 11.6. The van der Waals surface area contributed by atoms with Gasteiger partial charge in [-0.1, -0.05) is 0 Å². The minimum Gasteiger partial charge on any atom is -0.397 e. The normalized spacial score (nSPS) is 10.6. The Morgan fingerprint density at radius 3 is 2.61 bits per heavy atom. The standard InChI is InChI=1S/C13H18N4O/c1-13(2,3)17-12(18)8-16-11-5-4-9(7-14)6-10(11)15/h4-6,16H,8,15H2,1-3H3,(H,17,18). The van der Waals surface area contributed by atoms with Gasteiger partial charge in [0, 0.05) is 5.54 Å². The molecule has 0 fully saturated rings. The summed E-state index contributed by atoms with van der Waals surface area (Å²) < 4.78 is 0. The van der Waals surface area contributed by atoms with E-state index in [0.717, 1.165) is 0 Å². The lowest BCUT2D eigenvalue weighted by atomic mass is 10.1. The molecule has 0 aliphatic rings. The molecule has 5 heteroatoms. The highest BCUT2D eigenvalue weighted by Gasteiger charge is 2.13. The van der Waals surface area contributed by atoms with Gasteiger partial charge < -0.3 is 16.4 Å². The second-order valence-corrected chi connectivity index (χ2v) is 5.07. The fourth-order valence-corrected chi connectivity index (χ4v) is 1.43. The van der Waals surface area contributed by atoms with E-state index in [9.17, 15) is 4.79 Å². The van der Waals surface area contributed by atoms with Crippen LogP contribution in [0.4, 0.5) is 11.4 Å². The van der Waals surface area contributed by atoms with E-state index >= 15 is 0 Å². The van der Waals surface area contributed by atoms with Crippen molar-refractivity contribution >= 4 is 17.3 Å². The number of hydrogen-bond donors (Lipinski definition) is 3. The van der Waals surface area contributed by atoms with Crippen LogP contribution in [0.2, 0.25) is 0 Å².